The third-order valence-electron chi connectivity index (χ3n) is 6.76. The van der Waals surface area contributed by atoms with Crippen LogP contribution in [0.15, 0.2) is 36.8 Å². The number of likely N-dealkylation sites (N-methyl/N-ethyl adjacent to an activating group) is 1. The van der Waals surface area contributed by atoms with Crippen LogP contribution in [0.1, 0.15) is 26.0 Å². The molecule has 34 heavy (non-hydrogen) atoms. The van der Waals surface area contributed by atoms with Gasteiger partial charge in [-0.2, -0.15) is 4.98 Å². The standard InChI is InChI=1S/C24H31ClN8O/c1-24(2,19-14-26-20-7-4-5-10-33(19)20)29-22(34)17-15-32(16-17)21-18(25)13-27-23(28-21)31-9-6-8-30(3)11-12-31/h4-5,7,10,13-14,17H,6,8-9,11-12,15-16H2,1-3H3,(H,29,34). The first-order valence-corrected chi connectivity index (χ1v) is 12.2. The van der Waals surface area contributed by atoms with Crippen molar-refractivity contribution < 1.29 is 4.79 Å². The number of imidazole rings is 1. The molecule has 1 N–H and O–H groups in total. The molecule has 180 valence electrons. The Morgan fingerprint density at radius 3 is 2.74 bits per heavy atom. The lowest BCUT2D eigenvalue weighted by Gasteiger charge is -2.41. The van der Waals surface area contributed by atoms with Crippen LogP contribution in [0.5, 0.6) is 0 Å². The molecule has 9 nitrogen and oxygen atoms in total. The summed E-state index contributed by atoms with van der Waals surface area (Å²) in [6.45, 7) is 9.03. The molecule has 5 heterocycles. The number of fused-ring (bicyclic) bond motifs is 1. The lowest BCUT2D eigenvalue weighted by molar-refractivity contribution is -0.127. The molecule has 3 aromatic heterocycles. The maximum atomic E-state index is 13.1. The van der Waals surface area contributed by atoms with Crippen molar-refractivity contribution in [2.75, 3.05) is 56.1 Å². The first kappa shape index (κ1) is 22.9. The van der Waals surface area contributed by atoms with Gasteiger partial charge in [-0.1, -0.05) is 17.7 Å². The van der Waals surface area contributed by atoms with Crippen LogP contribution in [-0.2, 0) is 10.3 Å². The Hall–Kier alpha value is -2.91. The largest absolute Gasteiger partial charge is 0.353 e. The predicted octanol–water partition coefficient (Wildman–Crippen LogP) is 2.41. The van der Waals surface area contributed by atoms with E-state index >= 15 is 0 Å². The number of pyridine rings is 1. The third kappa shape index (κ3) is 4.42. The SMILES string of the molecule is CN1CCCN(c2ncc(Cl)c(N3CC(C(=O)NC(C)(C)c4cnc5ccccn45)C3)n2)CC1. The molecule has 0 aromatic carbocycles. The Bertz CT molecular complexity index is 1190. The summed E-state index contributed by atoms with van der Waals surface area (Å²) in [5.41, 5.74) is 1.25. The molecule has 10 heteroatoms. The molecule has 1 amide bonds. The van der Waals surface area contributed by atoms with Crippen LogP contribution < -0.4 is 15.1 Å². The third-order valence-corrected chi connectivity index (χ3v) is 7.03. The number of carbonyl (C=O) groups is 1. The minimum Gasteiger partial charge on any atom is -0.353 e. The zero-order valence-corrected chi connectivity index (χ0v) is 20.7. The van der Waals surface area contributed by atoms with Gasteiger partial charge >= 0.3 is 0 Å². The van der Waals surface area contributed by atoms with Gasteiger partial charge in [0.2, 0.25) is 11.9 Å². The second-order valence-electron chi connectivity index (χ2n) is 9.77. The predicted molar refractivity (Wildman–Crippen MR) is 133 cm³/mol. The van der Waals surface area contributed by atoms with E-state index in [0.717, 1.165) is 43.9 Å². The fourth-order valence-corrected chi connectivity index (χ4v) is 4.87. The lowest BCUT2D eigenvalue weighted by Crippen LogP contribution is -2.57. The van der Waals surface area contributed by atoms with Crippen molar-refractivity contribution in [2.45, 2.75) is 25.8 Å². The van der Waals surface area contributed by atoms with E-state index in [1.807, 2.05) is 48.8 Å². The summed E-state index contributed by atoms with van der Waals surface area (Å²) in [4.78, 5) is 33.4. The number of hydrogen-bond donors (Lipinski definition) is 1. The summed E-state index contributed by atoms with van der Waals surface area (Å²) in [7, 11) is 2.14. The Morgan fingerprint density at radius 1 is 1.09 bits per heavy atom. The Kier molecular flexibility index (Phi) is 6.07. The van der Waals surface area contributed by atoms with Gasteiger partial charge in [0.15, 0.2) is 5.82 Å². The molecule has 0 spiro atoms. The molecule has 2 aliphatic heterocycles. The van der Waals surface area contributed by atoms with Gasteiger partial charge < -0.3 is 24.4 Å². The molecule has 0 radical (unpaired) electrons. The summed E-state index contributed by atoms with van der Waals surface area (Å²) in [5.74, 6) is 1.30. The molecule has 2 saturated heterocycles. The van der Waals surface area contributed by atoms with Gasteiger partial charge in [0.1, 0.15) is 10.7 Å². The molecular formula is C24H31ClN8O. The lowest BCUT2D eigenvalue weighted by atomic mass is 9.95. The number of amides is 1. The van der Waals surface area contributed by atoms with Gasteiger partial charge in [0.05, 0.1) is 29.5 Å². The molecule has 0 atom stereocenters. The highest BCUT2D eigenvalue weighted by Gasteiger charge is 2.38. The maximum absolute atomic E-state index is 13.1. The summed E-state index contributed by atoms with van der Waals surface area (Å²) >= 11 is 6.45. The molecule has 5 rings (SSSR count). The van der Waals surface area contributed by atoms with E-state index in [1.54, 1.807) is 6.20 Å². The Morgan fingerprint density at radius 2 is 1.91 bits per heavy atom. The highest BCUT2D eigenvalue weighted by molar-refractivity contribution is 6.32. The van der Waals surface area contributed by atoms with E-state index in [2.05, 4.69) is 37.0 Å². The van der Waals surface area contributed by atoms with Crippen LogP contribution in [-0.4, -0.2) is 76.5 Å². The normalized spacial score (nSPS) is 18.1. The highest BCUT2D eigenvalue weighted by atomic mass is 35.5. The second-order valence-corrected chi connectivity index (χ2v) is 10.2. The Balaban J connectivity index is 1.24. The summed E-state index contributed by atoms with van der Waals surface area (Å²) < 4.78 is 2.01. The van der Waals surface area contributed by atoms with E-state index in [4.69, 9.17) is 16.6 Å². The second kappa shape index (κ2) is 9.03. The molecular weight excluding hydrogens is 452 g/mol. The van der Waals surface area contributed by atoms with E-state index in [1.165, 1.54) is 0 Å². The van der Waals surface area contributed by atoms with Gasteiger partial charge in [0.25, 0.3) is 0 Å². The zero-order valence-electron chi connectivity index (χ0n) is 19.9. The quantitative estimate of drug-likeness (QED) is 0.598. The van der Waals surface area contributed by atoms with Crippen LogP contribution in [0.3, 0.4) is 0 Å². The van der Waals surface area contributed by atoms with Crippen molar-refractivity contribution in [1.82, 2.24) is 29.6 Å². The van der Waals surface area contributed by atoms with Crippen molar-refractivity contribution in [2.24, 2.45) is 5.92 Å². The maximum Gasteiger partial charge on any atom is 0.227 e. The smallest absolute Gasteiger partial charge is 0.227 e. The van der Waals surface area contributed by atoms with Gasteiger partial charge in [-0.25, -0.2) is 9.97 Å². The van der Waals surface area contributed by atoms with Crippen LogP contribution in [0.4, 0.5) is 11.8 Å². The Labute approximate surface area is 204 Å². The molecule has 0 saturated carbocycles. The summed E-state index contributed by atoms with van der Waals surface area (Å²) in [6, 6.07) is 5.87. The fraction of sp³-hybridized carbons (Fsp3) is 0.500. The van der Waals surface area contributed by atoms with Crippen molar-refractivity contribution >= 4 is 34.9 Å². The van der Waals surface area contributed by atoms with E-state index in [9.17, 15) is 4.79 Å². The number of anilines is 2. The fourth-order valence-electron chi connectivity index (χ4n) is 4.66. The van der Waals surface area contributed by atoms with Crippen molar-refractivity contribution in [1.29, 1.82) is 0 Å². The minimum atomic E-state index is -0.558. The van der Waals surface area contributed by atoms with Crippen molar-refractivity contribution in [3.63, 3.8) is 0 Å². The highest BCUT2D eigenvalue weighted by Crippen LogP contribution is 2.31. The van der Waals surface area contributed by atoms with Gasteiger partial charge in [-0.3, -0.25) is 4.79 Å². The monoisotopic (exact) mass is 482 g/mol. The van der Waals surface area contributed by atoms with Crippen LogP contribution >= 0.6 is 11.6 Å². The first-order chi connectivity index (χ1) is 16.3. The van der Waals surface area contributed by atoms with E-state index < -0.39 is 5.54 Å². The number of nitrogens with one attached hydrogen (secondary N) is 1. The van der Waals surface area contributed by atoms with Crippen molar-refractivity contribution in [3.05, 3.63) is 47.5 Å². The average Bonchev–Trinajstić information content (AvgIpc) is 3.10. The zero-order chi connectivity index (χ0) is 23.9. The number of nitrogens with zero attached hydrogens (tertiary/aromatic N) is 7. The molecule has 2 fully saturated rings. The number of hydrogen-bond acceptors (Lipinski definition) is 7. The number of aromatic nitrogens is 4. The van der Waals surface area contributed by atoms with Gasteiger partial charge in [-0.05, 0) is 46.0 Å². The molecule has 0 bridgehead atoms. The first-order valence-electron chi connectivity index (χ1n) is 11.8. The summed E-state index contributed by atoms with van der Waals surface area (Å²) in [5, 5.41) is 3.72. The number of halogens is 1. The van der Waals surface area contributed by atoms with Gasteiger partial charge in [-0.15, -0.1) is 0 Å². The van der Waals surface area contributed by atoms with E-state index in [0.29, 0.717) is 29.9 Å². The molecule has 2 aliphatic rings. The molecule has 3 aromatic rings. The van der Waals surface area contributed by atoms with Crippen LogP contribution in [0, 0.1) is 5.92 Å². The van der Waals surface area contributed by atoms with E-state index in [-0.39, 0.29) is 11.8 Å². The van der Waals surface area contributed by atoms with Gasteiger partial charge in [0, 0.05) is 38.9 Å². The molecule has 0 aliphatic carbocycles. The summed E-state index contributed by atoms with van der Waals surface area (Å²) in [6.07, 6.45) is 6.54. The molecule has 0 unspecified atom stereocenters. The van der Waals surface area contributed by atoms with Crippen LogP contribution in [0.25, 0.3) is 5.65 Å². The van der Waals surface area contributed by atoms with Crippen molar-refractivity contribution in [3.8, 4) is 0 Å². The number of carbonyl (C=O) groups excluding carboxylic acids is 1. The average molecular weight is 483 g/mol. The van der Waals surface area contributed by atoms with Crippen LogP contribution in [0.2, 0.25) is 5.02 Å². The number of rotatable bonds is 5. The topological polar surface area (TPSA) is 81.9 Å². The minimum absolute atomic E-state index is 0.0214.